The summed E-state index contributed by atoms with van der Waals surface area (Å²) in [5, 5.41) is 17.1. The molecule has 92 valence electrons. The zero-order valence-corrected chi connectivity index (χ0v) is 10.3. The lowest BCUT2D eigenvalue weighted by molar-refractivity contribution is 0.630. The summed E-state index contributed by atoms with van der Waals surface area (Å²) in [5.74, 6) is -0.148. The average Bonchev–Trinajstić information content (AvgIpc) is 2.81. The summed E-state index contributed by atoms with van der Waals surface area (Å²) in [6, 6.07) is 9.63. The molecule has 0 N–H and O–H groups in total. The van der Waals surface area contributed by atoms with Gasteiger partial charge in [-0.3, -0.25) is 4.40 Å². The zero-order chi connectivity index (χ0) is 13.4. The summed E-state index contributed by atoms with van der Waals surface area (Å²) in [4.78, 5) is 0. The third-order valence-electron chi connectivity index (χ3n) is 2.70. The number of benzene rings is 1. The van der Waals surface area contributed by atoms with E-state index in [4.69, 9.17) is 16.9 Å². The predicted octanol–water partition coefficient (Wildman–Crippen LogP) is 3.06. The fourth-order valence-electron chi connectivity index (χ4n) is 1.81. The minimum absolute atomic E-state index is 0.284. The first-order valence-corrected chi connectivity index (χ1v) is 5.77. The number of fused-ring (bicyclic) bond motifs is 1. The fourth-order valence-corrected chi connectivity index (χ4v) is 1.97. The minimum Gasteiger partial charge on any atom is -0.281 e. The molecule has 0 aliphatic carbocycles. The van der Waals surface area contributed by atoms with Crippen molar-refractivity contribution in [3.8, 4) is 17.5 Å². The molecule has 0 spiro atoms. The standard InChI is InChI=1S/C13H6ClFN4/c14-9-2-3-10(11(15)5-9)13-18-17-12-4-1-8(6-16)7-19(12)13/h1-5,7H. The van der Waals surface area contributed by atoms with Crippen molar-refractivity contribution in [2.45, 2.75) is 0 Å². The second-order valence-corrected chi connectivity index (χ2v) is 4.34. The van der Waals surface area contributed by atoms with Crippen molar-refractivity contribution in [1.82, 2.24) is 14.6 Å². The minimum atomic E-state index is -0.482. The van der Waals surface area contributed by atoms with Crippen molar-refractivity contribution in [1.29, 1.82) is 5.26 Å². The molecule has 2 heterocycles. The first-order chi connectivity index (χ1) is 9.19. The number of aromatic nitrogens is 3. The molecule has 6 heteroatoms. The monoisotopic (exact) mass is 272 g/mol. The molecule has 0 saturated carbocycles. The Morgan fingerprint density at radius 1 is 1.21 bits per heavy atom. The van der Waals surface area contributed by atoms with Gasteiger partial charge in [0.15, 0.2) is 11.5 Å². The largest absolute Gasteiger partial charge is 0.281 e. The quantitative estimate of drug-likeness (QED) is 0.684. The maximum Gasteiger partial charge on any atom is 0.171 e. The SMILES string of the molecule is N#Cc1ccc2nnc(-c3ccc(Cl)cc3F)n2c1. The summed E-state index contributed by atoms with van der Waals surface area (Å²) in [6.07, 6.45) is 1.57. The molecule has 0 atom stereocenters. The van der Waals surface area contributed by atoms with Crippen molar-refractivity contribution in [2.75, 3.05) is 0 Å². The topological polar surface area (TPSA) is 54.0 Å². The number of pyridine rings is 1. The molecule has 4 nitrogen and oxygen atoms in total. The van der Waals surface area contributed by atoms with Crippen LogP contribution < -0.4 is 0 Å². The van der Waals surface area contributed by atoms with E-state index in [1.165, 1.54) is 12.1 Å². The summed E-state index contributed by atoms with van der Waals surface area (Å²) in [5.41, 5.74) is 1.28. The third-order valence-corrected chi connectivity index (χ3v) is 2.94. The van der Waals surface area contributed by atoms with Gasteiger partial charge in [-0.05, 0) is 30.3 Å². The Hall–Kier alpha value is -2.45. The molecule has 0 aliphatic rings. The van der Waals surface area contributed by atoms with E-state index in [2.05, 4.69) is 10.2 Å². The van der Waals surface area contributed by atoms with Gasteiger partial charge in [-0.1, -0.05) is 11.6 Å². The molecule has 1 aromatic carbocycles. The van der Waals surface area contributed by atoms with E-state index in [1.54, 1.807) is 28.8 Å². The highest BCUT2D eigenvalue weighted by molar-refractivity contribution is 6.30. The van der Waals surface area contributed by atoms with Gasteiger partial charge < -0.3 is 0 Å². The van der Waals surface area contributed by atoms with E-state index in [-0.39, 0.29) is 5.56 Å². The van der Waals surface area contributed by atoms with Crippen LogP contribution in [-0.2, 0) is 0 Å². The Labute approximate surface area is 112 Å². The highest BCUT2D eigenvalue weighted by Crippen LogP contribution is 2.24. The predicted molar refractivity (Wildman–Crippen MR) is 68.1 cm³/mol. The van der Waals surface area contributed by atoms with E-state index in [0.717, 1.165) is 0 Å². The van der Waals surface area contributed by atoms with Gasteiger partial charge in [0.25, 0.3) is 0 Å². The Morgan fingerprint density at radius 2 is 2.05 bits per heavy atom. The molecule has 3 aromatic rings. The molecule has 0 radical (unpaired) electrons. The van der Waals surface area contributed by atoms with Crippen LogP contribution in [0.1, 0.15) is 5.56 Å². The van der Waals surface area contributed by atoms with Crippen LogP contribution in [0.2, 0.25) is 5.02 Å². The van der Waals surface area contributed by atoms with Crippen LogP contribution in [0.5, 0.6) is 0 Å². The summed E-state index contributed by atoms with van der Waals surface area (Å²) < 4.78 is 15.5. The molecular formula is C13H6ClFN4. The van der Waals surface area contributed by atoms with Crippen molar-refractivity contribution < 1.29 is 4.39 Å². The molecule has 19 heavy (non-hydrogen) atoms. The number of hydrogen-bond acceptors (Lipinski definition) is 3. The highest BCUT2D eigenvalue weighted by Gasteiger charge is 2.13. The fraction of sp³-hybridized carbons (Fsp3) is 0. The van der Waals surface area contributed by atoms with E-state index in [9.17, 15) is 4.39 Å². The Morgan fingerprint density at radius 3 is 2.79 bits per heavy atom. The number of nitrogens with zero attached hydrogens (tertiary/aromatic N) is 4. The molecule has 0 aliphatic heterocycles. The van der Waals surface area contributed by atoms with Crippen molar-refractivity contribution in [2.24, 2.45) is 0 Å². The average molecular weight is 273 g/mol. The second kappa shape index (κ2) is 4.34. The number of nitriles is 1. The van der Waals surface area contributed by atoms with Gasteiger partial charge in [0.05, 0.1) is 11.1 Å². The molecule has 0 bridgehead atoms. The van der Waals surface area contributed by atoms with E-state index in [1.807, 2.05) is 6.07 Å². The molecule has 3 rings (SSSR count). The number of hydrogen-bond donors (Lipinski definition) is 0. The summed E-state index contributed by atoms with van der Waals surface area (Å²) in [7, 11) is 0. The van der Waals surface area contributed by atoms with Crippen LogP contribution in [0, 0.1) is 17.1 Å². The molecule has 0 fully saturated rings. The van der Waals surface area contributed by atoms with Gasteiger partial charge in [-0.15, -0.1) is 10.2 Å². The first-order valence-electron chi connectivity index (χ1n) is 5.39. The van der Waals surface area contributed by atoms with Crippen LogP contribution >= 0.6 is 11.6 Å². The lowest BCUT2D eigenvalue weighted by atomic mass is 10.2. The smallest absolute Gasteiger partial charge is 0.171 e. The van der Waals surface area contributed by atoms with E-state index >= 15 is 0 Å². The van der Waals surface area contributed by atoms with Gasteiger partial charge >= 0.3 is 0 Å². The van der Waals surface area contributed by atoms with Crippen LogP contribution in [0.15, 0.2) is 36.5 Å². The maximum absolute atomic E-state index is 13.9. The van der Waals surface area contributed by atoms with Crippen LogP contribution in [-0.4, -0.2) is 14.6 Å². The van der Waals surface area contributed by atoms with E-state index in [0.29, 0.717) is 22.1 Å². The Bertz CT molecular complexity index is 819. The second-order valence-electron chi connectivity index (χ2n) is 3.91. The van der Waals surface area contributed by atoms with Gasteiger partial charge in [-0.25, -0.2) is 4.39 Å². The number of rotatable bonds is 1. The Kier molecular flexibility index (Phi) is 2.65. The maximum atomic E-state index is 13.9. The lowest BCUT2D eigenvalue weighted by Gasteiger charge is -2.02. The van der Waals surface area contributed by atoms with E-state index < -0.39 is 5.82 Å². The Balaban J connectivity index is 2.28. The first kappa shape index (κ1) is 11.6. The summed E-state index contributed by atoms with van der Waals surface area (Å²) in [6.45, 7) is 0. The lowest BCUT2D eigenvalue weighted by Crippen LogP contribution is -1.93. The molecule has 0 saturated heterocycles. The third kappa shape index (κ3) is 1.92. The molecule has 0 amide bonds. The molecular weight excluding hydrogens is 267 g/mol. The van der Waals surface area contributed by atoms with Crippen LogP contribution in [0.4, 0.5) is 4.39 Å². The molecule has 2 aromatic heterocycles. The van der Waals surface area contributed by atoms with Crippen LogP contribution in [0.25, 0.3) is 17.0 Å². The van der Waals surface area contributed by atoms with Gasteiger partial charge in [0.1, 0.15) is 11.9 Å². The van der Waals surface area contributed by atoms with Gasteiger partial charge in [0, 0.05) is 11.2 Å². The van der Waals surface area contributed by atoms with Crippen LogP contribution in [0.3, 0.4) is 0 Å². The zero-order valence-electron chi connectivity index (χ0n) is 9.51. The normalized spacial score (nSPS) is 10.6. The van der Waals surface area contributed by atoms with Crippen molar-refractivity contribution in [3.63, 3.8) is 0 Å². The summed E-state index contributed by atoms with van der Waals surface area (Å²) >= 11 is 5.72. The number of halogens is 2. The van der Waals surface area contributed by atoms with Crippen molar-refractivity contribution in [3.05, 3.63) is 52.9 Å². The van der Waals surface area contributed by atoms with Crippen molar-refractivity contribution >= 4 is 17.2 Å². The van der Waals surface area contributed by atoms with Gasteiger partial charge in [-0.2, -0.15) is 5.26 Å². The highest BCUT2D eigenvalue weighted by atomic mass is 35.5. The molecule has 0 unspecified atom stereocenters. The van der Waals surface area contributed by atoms with Gasteiger partial charge in [0.2, 0.25) is 0 Å².